The molecule has 7 nitrogen and oxygen atoms in total. The molecule has 1 amide bonds. The number of carbonyl (C=O) groups is 1. The first kappa shape index (κ1) is 15.7. The van der Waals surface area contributed by atoms with Gasteiger partial charge in [0.2, 0.25) is 5.71 Å². The van der Waals surface area contributed by atoms with E-state index in [1.165, 1.54) is 6.33 Å². The highest BCUT2D eigenvalue weighted by Crippen LogP contribution is 2.32. The maximum Gasteiger partial charge on any atom is 0.258 e. The van der Waals surface area contributed by atoms with Gasteiger partial charge < -0.3 is 19.0 Å². The highest BCUT2D eigenvalue weighted by molar-refractivity contribution is 6.10. The summed E-state index contributed by atoms with van der Waals surface area (Å²) in [5.41, 5.74) is 1.04. The number of hydrogen-bond acceptors (Lipinski definition) is 6. The highest BCUT2D eigenvalue weighted by Gasteiger charge is 2.27. The van der Waals surface area contributed by atoms with Crippen molar-refractivity contribution in [2.45, 2.75) is 20.8 Å². The van der Waals surface area contributed by atoms with Crippen LogP contribution < -0.4 is 4.90 Å². The Bertz CT molecular complexity index is 703. The van der Waals surface area contributed by atoms with Crippen LogP contribution in [0.25, 0.3) is 11.1 Å². The molecule has 0 N–H and O–H groups in total. The molecular weight excluding hydrogens is 296 g/mol. The van der Waals surface area contributed by atoms with E-state index in [2.05, 4.69) is 14.9 Å². The minimum absolute atomic E-state index is 0.0319. The molecule has 124 valence electrons. The summed E-state index contributed by atoms with van der Waals surface area (Å²) in [6.07, 6.45) is 1.49. The SMILES string of the molecule is CCN(CC)C(=O)c1c(C)oc2ncnc(N3CCOCC3)c12. The molecule has 23 heavy (non-hydrogen) atoms. The van der Waals surface area contributed by atoms with Gasteiger partial charge in [0.15, 0.2) is 0 Å². The largest absolute Gasteiger partial charge is 0.442 e. The molecule has 2 aromatic rings. The van der Waals surface area contributed by atoms with Crippen molar-refractivity contribution in [3.63, 3.8) is 0 Å². The summed E-state index contributed by atoms with van der Waals surface area (Å²) in [6.45, 7) is 9.86. The number of aryl methyl sites for hydroxylation is 1. The zero-order valence-electron chi connectivity index (χ0n) is 13.8. The van der Waals surface area contributed by atoms with E-state index in [4.69, 9.17) is 9.15 Å². The van der Waals surface area contributed by atoms with Gasteiger partial charge in [-0.3, -0.25) is 4.79 Å². The average Bonchev–Trinajstić information content (AvgIpc) is 2.92. The lowest BCUT2D eigenvalue weighted by molar-refractivity contribution is 0.0773. The number of ether oxygens (including phenoxy) is 1. The van der Waals surface area contributed by atoms with Crippen molar-refractivity contribution in [1.82, 2.24) is 14.9 Å². The van der Waals surface area contributed by atoms with E-state index in [1.54, 1.807) is 4.90 Å². The number of amides is 1. The molecule has 0 aromatic carbocycles. The summed E-state index contributed by atoms with van der Waals surface area (Å²) in [7, 11) is 0. The van der Waals surface area contributed by atoms with Crippen LogP contribution in [0.2, 0.25) is 0 Å². The van der Waals surface area contributed by atoms with Crippen molar-refractivity contribution in [2.75, 3.05) is 44.3 Å². The topological polar surface area (TPSA) is 71.7 Å². The van der Waals surface area contributed by atoms with Crippen LogP contribution in [0.5, 0.6) is 0 Å². The zero-order valence-corrected chi connectivity index (χ0v) is 13.8. The molecule has 0 unspecified atom stereocenters. The Morgan fingerprint density at radius 2 is 1.96 bits per heavy atom. The van der Waals surface area contributed by atoms with Gasteiger partial charge in [0.1, 0.15) is 17.9 Å². The summed E-state index contributed by atoms with van der Waals surface area (Å²) in [6, 6.07) is 0. The van der Waals surface area contributed by atoms with Gasteiger partial charge in [-0.25, -0.2) is 9.97 Å². The molecule has 2 aromatic heterocycles. The smallest absolute Gasteiger partial charge is 0.258 e. The minimum Gasteiger partial charge on any atom is -0.442 e. The molecular formula is C16H22N4O3. The molecule has 3 rings (SSSR count). The molecule has 0 saturated carbocycles. The van der Waals surface area contributed by atoms with Crippen molar-refractivity contribution < 1.29 is 13.9 Å². The van der Waals surface area contributed by atoms with Gasteiger partial charge in [-0.15, -0.1) is 0 Å². The van der Waals surface area contributed by atoms with Crippen LogP contribution >= 0.6 is 0 Å². The second kappa shape index (κ2) is 6.54. The summed E-state index contributed by atoms with van der Waals surface area (Å²) >= 11 is 0. The maximum atomic E-state index is 12.9. The molecule has 7 heteroatoms. The molecule has 0 radical (unpaired) electrons. The van der Waals surface area contributed by atoms with Crippen molar-refractivity contribution in [3.8, 4) is 0 Å². The van der Waals surface area contributed by atoms with Crippen molar-refractivity contribution in [2.24, 2.45) is 0 Å². The minimum atomic E-state index is -0.0319. The van der Waals surface area contributed by atoms with Gasteiger partial charge >= 0.3 is 0 Å². The van der Waals surface area contributed by atoms with Gasteiger partial charge in [-0.1, -0.05) is 0 Å². The predicted molar refractivity (Wildman–Crippen MR) is 86.8 cm³/mol. The molecule has 1 aliphatic rings. The first-order chi connectivity index (χ1) is 11.2. The Kier molecular flexibility index (Phi) is 4.47. The van der Waals surface area contributed by atoms with Crippen LogP contribution in [-0.2, 0) is 4.74 Å². The fraction of sp³-hybridized carbons (Fsp3) is 0.562. The second-order valence-electron chi connectivity index (χ2n) is 5.49. The first-order valence-electron chi connectivity index (χ1n) is 8.03. The third-order valence-electron chi connectivity index (χ3n) is 4.22. The van der Waals surface area contributed by atoms with Crippen LogP contribution in [0.3, 0.4) is 0 Å². The normalized spacial score (nSPS) is 15.2. The van der Waals surface area contributed by atoms with Crippen molar-refractivity contribution in [3.05, 3.63) is 17.7 Å². The third kappa shape index (κ3) is 2.76. The Labute approximate surface area is 135 Å². The first-order valence-corrected chi connectivity index (χ1v) is 8.03. The fourth-order valence-electron chi connectivity index (χ4n) is 2.97. The molecule has 1 saturated heterocycles. The number of rotatable bonds is 4. The summed E-state index contributed by atoms with van der Waals surface area (Å²) in [4.78, 5) is 25.4. The molecule has 3 heterocycles. The lowest BCUT2D eigenvalue weighted by atomic mass is 10.1. The Morgan fingerprint density at radius 3 is 2.61 bits per heavy atom. The predicted octanol–water partition coefficient (Wildman–Crippen LogP) is 1.85. The Hall–Kier alpha value is -2.15. The monoisotopic (exact) mass is 318 g/mol. The molecule has 0 atom stereocenters. The zero-order chi connectivity index (χ0) is 16.4. The summed E-state index contributed by atoms with van der Waals surface area (Å²) < 4.78 is 11.1. The second-order valence-corrected chi connectivity index (χ2v) is 5.49. The number of aromatic nitrogens is 2. The van der Waals surface area contributed by atoms with E-state index in [9.17, 15) is 4.79 Å². The van der Waals surface area contributed by atoms with Crippen molar-refractivity contribution in [1.29, 1.82) is 0 Å². The molecule has 0 bridgehead atoms. The Balaban J connectivity index is 2.13. The van der Waals surface area contributed by atoms with Crippen molar-refractivity contribution >= 4 is 22.8 Å². The number of carbonyl (C=O) groups excluding carboxylic acids is 1. The maximum absolute atomic E-state index is 12.9. The number of hydrogen-bond donors (Lipinski definition) is 0. The van der Waals surface area contributed by atoms with Crippen LogP contribution in [0.4, 0.5) is 5.82 Å². The summed E-state index contributed by atoms with van der Waals surface area (Å²) in [5.74, 6) is 1.31. The van der Waals surface area contributed by atoms with Crippen LogP contribution in [-0.4, -0.2) is 60.2 Å². The van der Waals surface area contributed by atoms with Crippen LogP contribution in [0, 0.1) is 6.92 Å². The standard InChI is InChI=1S/C16H22N4O3/c1-4-19(5-2)16(21)12-11(3)23-15-13(12)14(17-10-18-15)20-6-8-22-9-7-20/h10H,4-9H2,1-3H3. The molecule has 1 fully saturated rings. The number of morpholine rings is 1. The average molecular weight is 318 g/mol. The van der Waals surface area contributed by atoms with E-state index in [0.29, 0.717) is 48.7 Å². The number of anilines is 1. The molecule has 0 spiro atoms. The number of nitrogens with zero attached hydrogens (tertiary/aromatic N) is 4. The molecule has 0 aliphatic carbocycles. The number of fused-ring (bicyclic) bond motifs is 1. The lowest BCUT2D eigenvalue weighted by Gasteiger charge is -2.28. The van der Waals surface area contributed by atoms with Gasteiger partial charge in [0.05, 0.1) is 24.2 Å². The van der Waals surface area contributed by atoms with E-state index in [0.717, 1.165) is 18.9 Å². The van der Waals surface area contributed by atoms with E-state index >= 15 is 0 Å². The fourth-order valence-corrected chi connectivity index (χ4v) is 2.97. The van der Waals surface area contributed by atoms with Gasteiger partial charge in [0, 0.05) is 26.2 Å². The quantitative estimate of drug-likeness (QED) is 0.857. The van der Waals surface area contributed by atoms with E-state index in [1.807, 2.05) is 20.8 Å². The van der Waals surface area contributed by atoms with E-state index < -0.39 is 0 Å². The van der Waals surface area contributed by atoms with E-state index in [-0.39, 0.29) is 5.91 Å². The van der Waals surface area contributed by atoms with Gasteiger partial charge in [-0.05, 0) is 20.8 Å². The van der Waals surface area contributed by atoms with Crippen LogP contribution in [0.1, 0.15) is 30.0 Å². The third-order valence-corrected chi connectivity index (χ3v) is 4.22. The Morgan fingerprint density at radius 1 is 1.26 bits per heavy atom. The van der Waals surface area contributed by atoms with Crippen LogP contribution in [0.15, 0.2) is 10.7 Å². The highest BCUT2D eigenvalue weighted by atomic mass is 16.5. The van der Waals surface area contributed by atoms with Gasteiger partial charge in [-0.2, -0.15) is 0 Å². The van der Waals surface area contributed by atoms with Gasteiger partial charge in [0.25, 0.3) is 5.91 Å². The summed E-state index contributed by atoms with van der Waals surface area (Å²) in [5, 5.41) is 0.712. The molecule has 1 aliphatic heterocycles. The number of furan rings is 1. The lowest BCUT2D eigenvalue weighted by Crippen LogP contribution is -2.37.